The molecule has 2 rings (SSSR count). The standard InChI is InChI=1S/C12H7BrClNO4/c13-10-4-3-9(19-10)11(16)15-6-1-2-7(12(17)18)8(14)5-6/h1-5H,(H,15,16)(H,17,18). The van der Waals surface area contributed by atoms with Crippen molar-refractivity contribution in [3.05, 3.63) is 51.3 Å². The van der Waals surface area contributed by atoms with Gasteiger partial charge < -0.3 is 14.8 Å². The summed E-state index contributed by atoms with van der Waals surface area (Å²) in [6.45, 7) is 0. The second-order valence-electron chi connectivity index (χ2n) is 3.56. The highest BCUT2D eigenvalue weighted by atomic mass is 79.9. The summed E-state index contributed by atoms with van der Waals surface area (Å²) in [5.74, 6) is -1.45. The predicted octanol–water partition coefficient (Wildman–Crippen LogP) is 3.65. The molecule has 0 unspecified atom stereocenters. The summed E-state index contributed by atoms with van der Waals surface area (Å²) >= 11 is 8.88. The van der Waals surface area contributed by atoms with E-state index in [-0.39, 0.29) is 16.3 Å². The number of benzene rings is 1. The third kappa shape index (κ3) is 3.15. The maximum absolute atomic E-state index is 11.8. The van der Waals surface area contributed by atoms with Crippen LogP contribution in [-0.4, -0.2) is 17.0 Å². The minimum absolute atomic E-state index is 0.0274. The maximum Gasteiger partial charge on any atom is 0.337 e. The fraction of sp³-hybridized carbons (Fsp3) is 0. The van der Waals surface area contributed by atoms with Gasteiger partial charge in [-0.3, -0.25) is 4.79 Å². The van der Waals surface area contributed by atoms with Crippen molar-refractivity contribution in [1.29, 1.82) is 0 Å². The molecule has 98 valence electrons. The first-order chi connectivity index (χ1) is 8.97. The monoisotopic (exact) mass is 343 g/mol. The van der Waals surface area contributed by atoms with Crippen LogP contribution in [0.1, 0.15) is 20.9 Å². The number of carbonyl (C=O) groups excluding carboxylic acids is 1. The van der Waals surface area contributed by atoms with Crippen LogP contribution in [0.15, 0.2) is 39.4 Å². The first-order valence-corrected chi connectivity index (χ1v) is 6.24. The van der Waals surface area contributed by atoms with Gasteiger partial charge in [0, 0.05) is 5.69 Å². The minimum Gasteiger partial charge on any atom is -0.478 e. The molecule has 0 bridgehead atoms. The van der Waals surface area contributed by atoms with Crippen molar-refractivity contribution in [3.8, 4) is 0 Å². The van der Waals surface area contributed by atoms with Gasteiger partial charge >= 0.3 is 5.97 Å². The smallest absolute Gasteiger partial charge is 0.337 e. The number of carbonyl (C=O) groups is 2. The maximum atomic E-state index is 11.8. The summed E-state index contributed by atoms with van der Waals surface area (Å²) in [6.07, 6.45) is 0. The van der Waals surface area contributed by atoms with Crippen LogP contribution in [0, 0.1) is 0 Å². The van der Waals surface area contributed by atoms with Crippen molar-refractivity contribution >= 4 is 45.1 Å². The second kappa shape index (κ2) is 5.46. The zero-order valence-electron chi connectivity index (χ0n) is 9.31. The van der Waals surface area contributed by atoms with Crippen LogP contribution in [-0.2, 0) is 0 Å². The molecule has 5 nitrogen and oxygen atoms in total. The quantitative estimate of drug-likeness (QED) is 0.891. The highest BCUT2D eigenvalue weighted by Gasteiger charge is 2.13. The Morgan fingerprint density at radius 1 is 1.26 bits per heavy atom. The lowest BCUT2D eigenvalue weighted by atomic mass is 10.2. The van der Waals surface area contributed by atoms with Crippen molar-refractivity contribution < 1.29 is 19.1 Å². The molecular weight excluding hydrogens is 337 g/mol. The average molecular weight is 345 g/mol. The van der Waals surface area contributed by atoms with Crippen LogP contribution >= 0.6 is 27.5 Å². The molecule has 0 saturated heterocycles. The molecule has 1 aromatic heterocycles. The van der Waals surface area contributed by atoms with E-state index in [1.807, 2.05) is 0 Å². The molecule has 0 aliphatic heterocycles. The molecule has 0 radical (unpaired) electrons. The molecule has 0 aliphatic rings. The number of amides is 1. The second-order valence-corrected chi connectivity index (χ2v) is 4.75. The summed E-state index contributed by atoms with van der Waals surface area (Å²) in [5.41, 5.74) is 0.355. The molecule has 7 heteroatoms. The number of hydrogen-bond donors (Lipinski definition) is 2. The van der Waals surface area contributed by atoms with E-state index in [1.54, 1.807) is 6.07 Å². The number of nitrogens with one attached hydrogen (secondary N) is 1. The van der Waals surface area contributed by atoms with E-state index >= 15 is 0 Å². The predicted molar refractivity (Wildman–Crippen MR) is 72.8 cm³/mol. The number of carboxylic acids is 1. The molecule has 0 atom stereocenters. The normalized spacial score (nSPS) is 10.2. The van der Waals surface area contributed by atoms with Crippen LogP contribution in [0.4, 0.5) is 5.69 Å². The summed E-state index contributed by atoms with van der Waals surface area (Å²) in [7, 11) is 0. The Morgan fingerprint density at radius 2 is 2.00 bits per heavy atom. The Hall–Kier alpha value is -1.79. The van der Waals surface area contributed by atoms with Gasteiger partial charge in [0.15, 0.2) is 10.4 Å². The van der Waals surface area contributed by atoms with Gasteiger partial charge in [-0.15, -0.1) is 0 Å². The summed E-state index contributed by atoms with van der Waals surface area (Å²) in [6, 6.07) is 7.23. The highest BCUT2D eigenvalue weighted by molar-refractivity contribution is 9.10. The van der Waals surface area contributed by atoms with Crippen LogP contribution < -0.4 is 5.32 Å². The lowest BCUT2D eigenvalue weighted by Gasteiger charge is -2.05. The number of halogens is 2. The SMILES string of the molecule is O=C(Nc1ccc(C(=O)O)c(Cl)c1)c1ccc(Br)o1. The van der Waals surface area contributed by atoms with E-state index in [2.05, 4.69) is 21.2 Å². The first-order valence-electron chi connectivity index (χ1n) is 5.07. The number of rotatable bonds is 3. The first kappa shape index (κ1) is 13.6. The van der Waals surface area contributed by atoms with Gasteiger partial charge in [-0.05, 0) is 46.3 Å². The van der Waals surface area contributed by atoms with E-state index < -0.39 is 11.9 Å². The van der Waals surface area contributed by atoms with Crippen molar-refractivity contribution in [2.24, 2.45) is 0 Å². The van der Waals surface area contributed by atoms with Gasteiger partial charge in [0.25, 0.3) is 5.91 Å². The Kier molecular flexibility index (Phi) is 3.92. The molecule has 0 aliphatic carbocycles. The molecule has 19 heavy (non-hydrogen) atoms. The summed E-state index contributed by atoms with van der Waals surface area (Å²) in [4.78, 5) is 22.6. The number of anilines is 1. The van der Waals surface area contributed by atoms with Crippen LogP contribution in [0.25, 0.3) is 0 Å². The van der Waals surface area contributed by atoms with E-state index in [9.17, 15) is 9.59 Å². The Labute approximate surface area is 121 Å². The molecule has 0 saturated carbocycles. The Bertz CT molecular complexity index is 653. The largest absolute Gasteiger partial charge is 0.478 e. The van der Waals surface area contributed by atoms with Crippen molar-refractivity contribution in [2.75, 3.05) is 5.32 Å². The molecule has 0 spiro atoms. The van der Waals surface area contributed by atoms with Gasteiger partial charge in [-0.25, -0.2) is 4.79 Å². The van der Waals surface area contributed by atoms with Crippen LogP contribution in [0.3, 0.4) is 0 Å². The number of aromatic carboxylic acids is 1. The summed E-state index contributed by atoms with van der Waals surface area (Å²) < 4.78 is 5.53. The van der Waals surface area contributed by atoms with Crippen molar-refractivity contribution in [2.45, 2.75) is 0 Å². The van der Waals surface area contributed by atoms with Gasteiger partial charge in [-0.2, -0.15) is 0 Å². The molecule has 2 aromatic rings. The van der Waals surface area contributed by atoms with Gasteiger partial charge in [0.1, 0.15) is 0 Å². The molecule has 0 fully saturated rings. The van der Waals surface area contributed by atoms with Crippen LogP contribution in [0.2, 0.25) is 5.02 Å². The molecular formula is C12H7BrClNO4. The zero-order valence-corrected chi connectivity index (χ0v) is 11.7. The van der Waals surface area contributed by atoms with E-state index in [1.165, 1.54) is 24.3 Å². The average Bonchev–Trinajstić information content (AvgIpc) is 2.75. The van der Waals surface area contributed by atoms with Gasteiger partial charge in [-0.1, -0.05) is 11.6 Å². The molecule has 2 N–H and O–H groups in total. The third-order valence-corrected chi connectivity index (χ3v) is 2.99. The minimum atomic E-state index is -1.13. The Morgan fingerprint density at radius 3 is 2.53 bits per heavy atom. The van der Waals surface area contributed by atoms with E-state index in [0.29, 0.717) is 10.4 Å². The van der Waals surface area contributed by atoms with Crippen LogP contribution in [0.5, 0.6) is 0 Å². The van der Waals surface area contributed by atoms with Crippen molar-refractivity contribution in [3.63, 3.8) is 0 Å². The van der Waals surface area contributed by atoms with Crippen molar-refractivity contribution in [1.82, 2.24) is 0 Å². The zero-order chi connectivity index (χ0) is 14.0. The van der Waals surface area contributed by atoms with E-state index in [0.717, 1.165) is 0 Å². The van der Waals surface area contributed by atoms with Gasteiger partial charge in [0.2, 0.25) is 0 Å². The number of furan rings is 1. The number of carboxylic acid groups (broad SMARTS) is 1. The molecule has 1 amide bonds. The fourth-order valence-electron chi connectivity index (χ4n) is 1.40. The van der Waals surface area contributed by atoms with Gasteiger partial charge in [0.05, 0.1) is 10.6 Å². The molecule has 1 heterocycles. The number of hydrogen-bond acceptors (Lipinski definition) is 3. The lowest BCUT2D eigenvalue weighted by Crippen LogP contribution is -2.11. The van der Waals surface area contributed by atoms with E-state index in [4.69, 9.17) is 21.1 Å². The topological polar surface area (TPSA) is 79.5 Å². The Balaban J connectivity index is 2.18. The molecule has 1 aromatic carbocycles. The fourth-order valence-corrected chi connectivity index (χ4v) is 1.96. The highest BCUT2D eigenvalue weighted by Crippen LogP contribution is 2.22. The third-order valence-electron chi connectivity index (χ3n) is 2.25. The summed E-state index contributed by atoms with van der Waals surface area (Å²) in [5, 5.41) is 11.4. The lowest BCUT2D eigenvalue weighted by molar-refractivity contribution is 0.0697.